The Labute approximate surface area is 218 Å². The molecule has 2 atom stereocenters. The number of rotatable bonds is 9. The molecule has 1 aromatic carbocycles. The van der Waals surface area contributed by atoms with E-state index in [2.05, 4.69) is 10.4 Å². The molecule has 1 fully saturated rings. The Balaban J connectivity index is 1.47. The normalized spacial score (nSPS) is 19.2. The standard InChI is InChI=1S/C26H28ClFN4O5/c1-14-4-8-20(27)24(28)19(14)11-29-22(34)12-31(17-6-7-17)23(35)13-32-21-9-5-16(26(36)37-3)10-18(21)25(30-32)15(2)33/h4-5,8-10,14,17,19H,6-7,11-13H2,1-3H3,(H,29,34). The van der Waals surface area contributed by atoms with Gasteiger partial charge in [0.25, 0.3) is 0 Å². The quantitative estimate of drug-likeness (QED) is 0.393. The van der Waals surface area contributed by atoms with Crippen LogP contribution in [0, 0.1) is 11.8 Å². The molecule has 0 bridgehead atoms. The fraction of sp³-hybridized carbons (Fsp3) is 0.423. The molecule has 1 aromatic heterocycles. The average molecular weight is 531 g/mol. The van der Waals surface area contributed by atoms with Crippen molar-refractivity contribution in [3.05, 3.63) is 52.5 Å². The van der Waals surface area contributed by atoms with Gasteiger partial charge in [-0.05, 0) is 43.0 Å². The number of ether oxygens (including phenoxy) is 1. The van der Waals surface area contributed by atoms with Crippen molar-refractivity contribution < 1.29 is 28.3 Å². The van der Waals surface area contributed by atoms with E-state index in [0.717, 1.165) is 12.8 Å². The van der Waals surface area contributed by atoms with Crippen molar-refractivity contribution in [2.24, 2.45) is 11.8 Å². The van der Waals surface area contributed by atoms with Gasteiger partial charge in [-0.15, -0.1) is 0 Å². The van der Waals surface area contributed by atoms with Crippen LogP contribution in [-0.4, -0.2) is 64.5 Å². The van der Waals surface area contributed by atoms with Crippen LogP contribution in [0.2, 0.25) is 0 Å². The molecule has 1 heterocycles. The fourth-order valence-corrected chi connectivity index (χ4v) is 4.61. The minimum Gasteiger partial charge on any atom is -0.465 e. The molecule has 2 aliphatic carbocycles. The van der Waals surface area contributed by atoms with Gasteiger partial charge in [0.05, 0.1) is 29.8 Å². The highest BCUT2D eigenvalue weighted by Crippen LogP contribution is 2.32. The van der Waals surface area contributed by atoms with Gasteiger partial charge in [0.15, 0.2) is 5.78 Å². The molecule has 2 aromatic rings. The van der Waals surface area contributed by atoms with Crippen molar-refractivity contribution in [3.63, 3.8) is 0 Å². The molecule has 0 saturated heterocycles. The predicted molar refractivity (Wildman–Crippen MR) is 135 cm³/mol. The molecule has 4 rings (SSSR count). The number of hydrogen-bond acceptors (Lipinski definition) is 6. The van der Waals surface area contributed by atoms with Gasteiger partial charge in [-0.3, -0.25) is 19.1 Å². The van der Waals surface area contributed by atoms with Gasteiger partial charge in [0, 0.05) is 30.8 Å². The van der Waals surface area contributed by atoms with Crippen LogP contribution in [0.5, 0.6) is 0 Å². The van der Waals surface area contributed by atoms with Crippen molar-refractivity contribution in [3.8, 4) is 0 Å². The molecule has 0 radical (unpaired) electrons. The Morgan fingerprint density at radius 3 is 2.65 bits per heavy atom. The zero-order valence-corrected chi connectivity index (χ0v) is 21.5. The molecule has 2 amide bonds. The summed E-state index contributed by atoms with van der Waals surface area (Å²) < 4.78 is 20.6. The number of fused-ring (bicyclic) bond motifs is 1. The van der Waals surface area contributed by atoms with Crippen LogP contribution in [0.3, 0.4) is 0 Å². The molecular weight excluding hydrogens is 503 g/mol. The van der Waals surface area contributed by atoms with Gasteiger partial charge in [0.1, 0.15) is 18.1 Å². The van der Waals surface area contributed by atoms with E-state index >= 15 is 0 Å². The van der Waals surface area contributed by atoms with Crippen LogP contribution in [0.4, 0.5) is 4.39 Å². The fourth-order valence-electron chi connectivity index (χ4n) is 4.40. The smallest absolute Gasteiger partial charge is 0.337 e. The maximum Gasteiger partial charge on any atom is 0.337 e. The van der Waals surface area contributed by atoms with Gasteiger partial charge in [-0.2, -0.15) is 5.10 Å². The zero-order chi connectivity index (χ0) is 26.9. The maximum atomic E-state index is 14.4. The van der Waals surface area contributed by atoms with Gasteiger partial charge >= 0.3 is 5.97 Å². The van der Waals surface area contributed by atoms with Gasteiger partial charge < -0.3 is 15.0 Å². The lowest BCUT2D eigenvalue weighted by atomic mass is 9.89. The number of hydrogen-bond donors (Lipinski definition) is 1. The maximum absolute atomic E-state index is 14.4. The summed E-state index contributed by atoms with van der Waals surface area (Å²) in [6, 6.07) is 4.59. The van der Waals surface area contributed by atoms with E-state index in [4.69, 9.17) is 16.3 Å². The minimum atomic E-state index is -0.568. The van der Waals surface area contributed by atoms with Crippen LogP contribution in [0.15, 0.2) is 41.2 Å². The van der Waals surface area contributed by atoms with Crippen LogP contribution in [0.1, 0.15) is 47.5 Å². The van der Waals surface area contributed by atoms with E-state index < -0.39 is 23.6 Å². The van der Waals surface area contributed by atoms with Crippen LogP contribution in [-0.2, 0) is 20.9 Å². The number of nitrogens with one attached hydrogen (secondary N) is 1. The molecule has 1 N–H and O–H groups in total. The third-order valence-electron chi connectivity index (χ3n) is 6.67. The minimum absolute atomic E-state index is 0.0298. The summed E-state index contributed by atoms with van der Waals surface area (Å²) in [6.45, 7) is 2.89. The van der Waals surface area contributed by atoms with E-state index in [1.165, 1.54) is 41.8 Å². The lowest BCUT2D eigenvalue weighted by molar-refractivity contribution is -0.137. The summed E-state index contributed by atoms with van der Waals surface area (Å²) >= 11 is 5.89. The van der Waals surface area contributed by atoms with Crippen LogP contribution < -0.4 is 5.32 Å². The molecule has 0 aliphatic heterocycles. The molecule has 11 heteroatoms. The second-order valence-electron chi connectivity index (χ2n) is 9.36. The Kier molecular flexibility index (Phi) is 7.77. The monoisotopic (exact) mass is 530 g/mol. The largest absolute Gasteiger partial charge is 0.465 e. The summed E-state index contributed by atoms with van der Waals surface area (Å²) in [7, 11) is 1.26. The molecule has 1 saturated carbocycles. The zero-order valence-electron chi connectivity index (χ0n) is 20.8. The third kappa shape index (κ3) is 5.74. The predicted octanol–water partition coefficient (Wildman–Crippen LogP) is 3.37. The van der Waals surface area contributed by atoms with Gasteiger partial charge in [0.2, 0.25) is 11.8 Å². The number of benzene rings is 1. The summed E-state index contributed by atoms with van der Waals surface area (Å²) in [5.41, 5.74) is 0.897. The number of amides is 2. The van der Waals surface area contributed by atoms with Crippen molar-refractivity contribution in [1.29, 1.82) is 0 Å². The number of methoxy groups -OCH3 is 1. The highest BCUT2D eigenvalue weighted by Gasteiger charge is 2.35. The number of carbonyl (C=O) groups is 4. The Morgan fingerprint density at radius 1 is 1.27 bits per heavy atom. The first kappa shape index (κ1) is 26.5. The van der Waals surface area contributed by atoms with Crippen molar-refractivity contribution >= 4 is 46.1 Å². The second-order valence-corrected chi connectivity index (χ2v) is 9.77. The first-order valence-electron chi connectivity index (χ1n) is 12.0. The van der Waals surface area contributed by atoms with E-state index in [1.54, 1.807) is 12.1 Å². The number of nitrogens with zero attached hydrogens (tertiary/aromatic N) is 3. The lowest BCUT2D eigenvalue weighted by Crippen LogP contribution is -2.44. The molecule has 0 spiro atoms. The number of Topliss-reactive ketones (excluding diaryl/α,β-unsaturated/α-hetero) is 1. The summed E-state index contributed by atoms with van der Waals surface area (Å²) in [5, 5.41) is 7.51. The van der Waals surface area contributed by atoms with E-state index in [1.807, 2.05) is 6.92 Å². The summed E-state index contributed by atoms with van der Waals surface area (Å²) in [4.78, 5) is 51.6. The first-order chi connectivity index (χ1) is 17.6. The Hall–Kier alpha value is -3.53. The average Bonchev–Trinajstić information content (AvgIpc) is 3.65. The molecule has 2 aliphatic rings. The van der Waals surface area contributed by atoms with Crippen molar-refractivity contribution in [2.75, 3.05) is 20.2 Å². The lowest BCUT2D eigenvalue weighted by Gasteiger charge is -2.26. The van der Waals surface area contributed by atoms with Gasteiger partial charge in [-0.1, -0.05) is 24.6 Å². The number of ketones is 1. The highest BCUT2D eigenvalue weighted by atomic mass is 35.5. The topological polar surface area (TPSA) is 111 Å². The third-order valence-corrected chi connectivity index (χ3v) is 6.97. The molecule has 196 valence electrons. The SMILES string of the molecule is COC(=O)c1ccc2c(c1)c(C(C)=O)nn2CC(=O)N(CC(=O)NCC1C(F)=C(Cl)C=CC1C)C1CC1. The highest BCUT2D eigenvalue weighted by molar-refractivity contribution is 6.31. The Morgan fingerprint density at radius 2 is 2.00 bits per heavy atom. The number of esters is 1. The number of allylic oxidation sites excluding steroid dienone is 3. The molecule has 9 nitrogen and oxygen atoms in total. The number of halogens is 2. The summed E-state index contributed by atoms with van der Waals surface area (Å²) in [5.74, 6) is -2.77. The van der Waals surface area contributed by atoms with E-state index in [-0.39, 0.29) is 59.6 Å². The van der Waals surface area contributed by atoms with Crippen LogP contribution in [0.25, 0.3) is 10.9 Å². The van der Waals surface area contributed by atoms with E-state index in [9.17, 15) is 23.6 Å². The summed E-state index contributed by atoms with van der Waals surface area (Å²) in [6.07, 6.45) is 4.86. The second kappa shape index (κ2) is 10.8. The molecule has 2 unspecified atom stereocenters. The van der Waals surface area contributed by atoms with Crippen LogP contribution >= 0.6 is 11.6 Å². The van der Waals surface area contributed by atoms with Crippen molar-refractivity contribution in [1.82, 2.24) is 20.0 Å². The Bertz CT molecular complexity index is 1330. The van der Waals surface area contributed by atoms with Crippen molar-refractivity contribution in [2.45, 2.75) is 39.3 Å². The number of carbonyl (C=O) groups excluding carboxylic acids is 4. The first-order valence-corrected chi connectivity index (χ1v) is 12.4. The molecular formula is C26H28ClFN4O5. The number of aromatic nitrogens is 2. The van der Waals surface area contributed by atoms with Gasteiger partial charge in [-0.25, -0.2) is 9.18 Å². The van der Waals surface area contributed by atoms with E-state index in [0.29, 0.717) is 10.9 Å². The molecule has 37 heavy (non-hydrogen) atoms.